The molecule has 0 aromatic carbocycles. The lowest BCUT2D eigenvalue weighted by molar-refractivity contribution is -0.186. The molecule has 3 unspecified atom stereocenters. The molecule has 0 amide bonds. The number of alkyl halides is 3. The summed E-state index contributed by atoms with van der Waals surface area (Å²) in [6, 6.07) is 5.10. The van der Waals surface area contributed by atoms with Crippen molar-refractivity contribution in [2.45, 2.75) is 37.8 Å². The van der Waals surface area contributed by atoms with Gasteiger partial charge in [0, 0.05) is 18.3 Å². The van der Waals surface area contributed by atoms with Gasteiger partial charge in [-0.3, -0.25) is 9.78 Å². The van der Waals surface area contributed by atoms with E-state index in [0.29, 0.717) is 18.4 Å². The van der Waals surface area contributed by atoms with E-state index in [2.05, 4.69) is 4.98 Å². The van der Waals surface area contributed by atoms with Gasteiger partial charge in [-0.05, 0) is 30.9 Å². The van der Waals surface area contributed by atoms with Crippen molar-refractivity contribution in [2.75, 3.05) is 0 Å². The smallest absolute Gasteiger partial charge is 0.298 e. The number of hydrogen-bond donors (Lipinski definition) is 0. The average Bonchev–Trinajstić information content (AvgIpc) is 2.48. The molecule has 0 saturated heterocycles. The Hall–Kier alpha value is -1.90. The first-order valence-corrected chi connectivity index (χ1v) is 6.83. The van der Waals surface area contributed by atoms with Crippen LogP contribution in [0.15, 0.2) is 24.5 Å². The molecule has 0 aliphatic heterocycles. The highest BCUT2D eigenvalue weighted by atomic mass is 19.4. The minimum absolute atomic E-state index is 0.0669. The average molecular weight is 296 g/mol. The molecule has 1 aromatic heterocycles. The summed E-state index contributed by atoms with van der Waals surface area (Å²) in [5.41, 5.74) is 0.444. The predicted molar refractivity (Wildman–Crippen MR) is 69.1 cm³/mol. The molecule has 1 aromatic rings. The van der Waals surface area contributed by atoms with Crippen LogP contribution in [0, 0.1) is 23.2 Å². The zero-order valence-corrected chi connectivity index (χ0v) is 11.3. The number of halogens is 3. The Morgan fingerprint density at radius 3 is 2.76 bits per heavy atom. The van der Waals surface area contributed by atoms with Crippen LogP contribution in [0.2, 0.25) is 0 Å². The summed E-state index contributed by atoms with van der Waals surface area (Å²) in [7, 11) is 0. The van der Waals surface area contributed by atoms with Gasteiger partial charge in [-0.1, -0.05) is 12.5 Å². The monoisotopic (exact) mass is 296 g/mol. The molecule has 112 valence electrons. The minimum atomic E-state index is -4.27. The fourth-order valence-electron chi connectivity index (χ4n) is 2.83. The van der Waals surface area contributed by atoms with Crippen LogP contribution in [-0.2, 0) is 4.79 Å². The number of aromatic nitrogens is 1. The van der Waals surface area contributed by atoms with Gasteiger partial charge >= 0.3 is 6.18 Å². The lowest BCUT2D eigenvalue weighted by atomic mass is 9.75. The Balaban J connectivity index is 2.13. The predicted octanol–water partition coefficient (Wildman–Crippen LogP) is 3.63. The number of pyridine rings is 1. The summed E-state index contributed by atoms with van der Waals surface area (Å²) in [6.07, 6.45) is -0.693. The van der Waals surface area contributed by atoms with Crippen LogP contribution in [0.4, 0.5) is 13.2 Å². The summed E-state index contributed by atoms with van der Waals surface area (Å²) in [5, 5.41) is 9.19. The lowest BCUT2D eigenvalue weighted by Gasteiger charge is -2.30. The zero-order valence-electron chi connectivity index (χ0n) is 11.3. The highest BCUT2D eigenvalue weighted by molar-refractivity contribution is 5.90. The van der Waals surface area contributed by atoms with Crippen molar-refractivity contribution < 1.29 is 18.0 Å². The Morgan fingerprint density at radius 1 is 1.43 bits per heavy atom. The van der Waals surface area contributed by atoms with E-state index in [1.807, 2.05) is 6.07 Å². The van der Waals surface area contributed by atoms with Crippen molar-refractivity contribution in [2.24, 2.45) is 11.8 Å². The van der Waals surface area contributed by atoms with Gasteiger partial charge in [-0.15, -0.1) is 0 Å². The molecule has 1 aliphatic rings. The lowest BCUT2D eigenvalue weighted by Crippen LogP contribution is -2.33. The van der Waals surface area contributed by atoms with Crippen LogP contribution in [0.3, 0.4) is 0 Å². The molecule has 1 heterocycles. The number of carbonyl (C=O) groups excluding carboxylic acids is 1. The maximum Gasteiger partial charge on any atom is 0.391 e. The molecule has 3 nitrogen and oxygen atoms in total. The first kappa shape index (κ1) is 15.5. The van der Waals surface area contributed by atoms with E-state index in [-0.39, 0.29) is 12.8 Å². The second-order valence-corrected chi connectivity index (χ2v) is 5.35. The van der Waals surface area contributed by atoms with E-state index < -0.39 is 29.7 Å². The summed E-state index contributed by atoms with van der Waals surface area (Å²) in [4.78, 5) is 16.2. The molecule has 3 atom stereocenters. The van der Waals surface area contributed by atoms with E-state index >= 15 is 0 Å². The van der Waals surface area contributed by atoms with Crippen molar-refractivity contribution in [3.05, 3.63) is 30.1 Å². The maximum atomic E-state index is 12.8. The molecular weight excluding hydrogens is 281 g/mol. The van der Waals surface area contributed by atoms with Gasteiger partial charge in [0.2, 0.25) is 0 Å². The molecule has 21 heavy (non-hydrogen) atoms. The number of rotatable bonds is 3. The Labute approximate surface area is 120 Å². The van der Waals surface area contributed by atoms with Crippen molar-refractivity contribution in [3.8, 4) is 6.07 Å². The van der Waals surface area contributed by atoms with Crippen molar-refractivity contribution in [1.29, 1.82) is 5.26 Å². The number of Topliss-reactive ketones (excluding diaryl/α,β-unsaturated/α-hetero) is 1. The van der Waals surface area contributed by atoms with Crippen LogP contribution >= 0.6 is 0 Å². The van der Waals surface area contributed by atoms with Crippen LogP contribution in [0.5, 0.6) is 0 Å². The molecule has 0 N–H and O–H groups in total. The van der Waals surface area contributed by atoms with Crippen molar-refractivity contribution in [3.63, 3.8) is 0 Å². The Kier molecular flexibility index (Phi) is 4.61. The number of carbonyl (C=O) groups is 1. The van der Waals surface area contributed by atoms with Gasteiger partial charge in [0.1, 0.15) is 5.92 Å². The van der Waals surface area contributed by atoms with E-state index in [1.165, 1.54) is 12.4 Å². The molecule has 1 aliphatic carbocycles. The minimum Gasteiger partial charge on any atom is -0.298 e. The van der Waals surface area contributed by atoms with Gasteiger partial charge in [0.05, 0.1) is 12.0 Å². The molecule has 1 saturated carbocycles. The molecular formula is C15H15F3N2O. The largest absolute Gasteiger partial charge is 0.391 e. The highest BCUT2D eigenvalue weighted by Crippen LogP contribution is 2.41. The second kappa shape index (κ2) is 6.25. The van der Waals surface area contributed by atoms with E-state index in [9.17, 15) is 23.2 Å². The highest BCUT2D eigenvalue weighted by Gasteiger charge is 2.44. The molecule has 0 spiro atoms. The maximum absolute atomic E-state index is 12.8. The molecule has 1 fully saturated rings. The van der Waals surface area contributed by atoms with Gasteiger partial charge in [-0.2, -0.15) is 18.4 Å². The van der Waals surface area contributed by atoms with Crippen LogP contribution in [-0.4, -0.2) is 16.9 Å². The van der Waals surface area contributed by atoms with Crippen LogP contribution in [0.1, 0.15) is 37.2 Å². The van der Waals surface area contributed by atoms with Crippen LogP contribution < -0.4 is 0 Å². The van der Waals surface area contributed by atoms with Crippen molar-refractivity contribution >= 4 is 5.78 Å². The van der Waals surface area contributed by atoms with Gasteiger partial charge in [-0.25, -0.2) is 0 Å². The normalized spacial score (nSPS) is 24.1. The SMILES string of the molecule is N#CC(C(=O)C1CCCC(C(F)(F)F)C1)c1cccnc1. The molecule has 6 heteroatoms. The topological polar surface area (TPSA) is 53.8 Å². The van der Waals surface area contributed by atoms with E-state index in [1.54, 1.807) is 12.1 Å². The first-order chi connectivity index (χ1) is 9.93. The first-order valence-electron chi connectivity index (χ1n) is 6.83. The summed E-state index contributed by atoms with van der Waals surface area (Å²) in [6.45, 7) is 0. The van der Waals surface area contributed by atoms with E-state index in [4.69, 9.17) is 0 Å². The zero-order chi connectivity index (χ0) is 15.5. The van der Waals surface area contributed by atoms with Crippen molar-refractivity contribution in [1.82, 2.24) is 4.98 Å². The third-order valence-electron chi connectivity index (χ3n) is 3.97. The number of hydrogen-bond acceptors (Lipinski definition) is 3. The number of nitriles is 1. The summed E-state index contributed by atoms with van der Waals surface area (Å²) < 4.78 is 38.4. The summed E-state index contributed by atoms with van der Waals surface area (Å²) in [5.74, 6) is -3.58. The molecule has 2 rings (SSSR count). The quantitative estimate of drug-likeness (QED) is 0.856. The summed E-state index contributed by atoms with van der Waals surface area (Å²) >= 11 is 0. The number of nitrogens with zero attached hydrogens (tertiary/aromatic N) is 2. The standard InChI is InChI=1S/C15H15F3N2O/c16-15(17,18)12-5-1-3-10(7-12)14(21)13(8-19)11-4-2-6-20-9-11/h2,4,6,9-10,12-13H,1,3,5,7H2. The third-order valence-corrected chi connectivity index (χ3v) is 3.97. The molecule has 0 radical (unpaired) electrons. The fraction of sp³-hybridized carbons (Fsp3) is 0.533. The van der Waals surface area contributed by atoms with Crippen LogP contribution in [0.25, 0.3) is 0 Å². The van der Waals surface area contributed by atoms with E-state index in [0.717, 1.165) is 0 Å². The van der Waals surface area contributed by atoms with Gasteiger partial charge < -0.3 is 0 Å². The number of ketones is 1. The second-order valence-electron chi connectivity index (χ2n) is 5.35. The van der Waals surface area contributed by atoms with Gasteiger partial charge in [0.25, 0.3) is 0 Å². The van der Waals surface area contributed by atoms with Gasteiger partial charge in [0.15, 0.2) is 5.78 Å². The molecule has 0 bridgehead atoms. The Bertz CT molecular complexity index is 536. The third kappa shape index (κ3) is 3.60. The fourth-order valence-corrected chi connectivity index (χ4v) is 2.83. The Morgan fingerprint density at radius 2 is 2.19 bits per heavy atom.